The van der Waals surface area contributed by atoms with Gasteiger partial charge in [-0.2, -0.15) is 0 Å². The predicted octanol–water partition coefficient (Wildman–Crippen LogP) is 3.17. The molecule has 2 aromatic carbocycles. The number of aliphatic hydroxyl groups excluding tert-OH is 1. The second kappa shape index (κ2) is 10.8. The molecular formula is C34H39N3O5. The van der Waals surface area contributed by atoms with Crippen molar-refractivity contribution in [1.29, 1.82) is 0 Å². The van der Waals surface area contributed by atoms with E-state index in [1.807, 2.05) is 106 Å². The van der Waals surface area contributed by atoms with E-state index in [9.17, 15) is 19.5 Å². The van der Waals surface area contributed by atoms with Gasteiger partial charge in [0.05, 0.1) is 30.1 Å². The van der Waals surface area contributed by atoms with Crippen molar-refractivity contribution in [3.05, 3.63) is 96.1 Å². The number of benzene rings is 2. The third-order valence-electron chi connectivity index (χ3n) is 9.41. The van der Waals surface area contributed by atoms with Crippen LogP contribution >= 0.6 is 0 Å². The maximum atomic E-state index is 14.6. The lowest BCUT2D eigenvalue weighted by molar-refractivity contribution is -0.157. The molecule has 4 aliphatic heterocycles. The van der Waals surface area contributed by atoms with E-state index in [-0.39, 0.29) is 30.2 Å². The van der Waals surface area contributed by atoms with Gasteiger partial charge in [0, 0.05) is 26.2 Å². The van der Waals surface area contributed by atoms with Crippen LogP contribution in [-0.2, 0) is 32.2 Å². The number of carbonyl (C=O) groups excluding carboxylic acids is 3. The first-order chi connectivity index (χ1) is 20.2. The quantitative estimate of drug-likeness (QED) is 0.518. The minimum absolute atomic E-state index is 0.122. The monoisotopic (exact) mass is 569 g/mol. The molecule has 0 radical (unpaired) electrons. The van der Waals surface area contributed by atoms with Crippen LogP contribution in [0.1, 0.15) is 31.9 Å². The largest absolute Gasteiger partial charge is 0.394 e. The van der Waals surface area contributed by atoms with Gasteiger partial charge in [-0.1, -0.05) is 98.8 Å². The summed E-state index contributed by atoms with van der Waals surface area (Å²) >= 11 is 0. The smallest absolute Gasteiger partial charge is 0.249 e. The fraction of sp³-hybridized carbons (Fsp3) is 0.441. The maximum absolute atomic E-state index is 14.6. The van der Waals surface area contributed by atoms with Crippen molar-refractivity contribution in [3.63, 3.8) is 0 Å². The van der Waals surface area contributed by atoms with E-state index in [0.717, 1.165) is 11.1 Å². The SMILES string of the molecule is CC(C)[C@H](CO)N1C(=O)[C@@H]2[C@H]3C(=O)N(Cc4ccccc4)CC=C[C@@]3(C)O[C@@]23C=CCN(Cc2ccccc2)C(=O)C13. The Morgan fingerprint density at radius 2 is 1.36 bits per heavy atom. The lowest BCUT2D eigenvalue weighted by Gasteiger charge is -2.41. The summed E-state index contributed by atoms with van der Waals surface area (Å²) in [4.78, 5) is 48.7. The molecule has 0 aliphatic carbocycles. The Kier molecular flexibility index (Phi) is 7.31. The molecule has 1 N–H and O–H groups in total. The van der Waals surface area contributed by atoms with Crippen LogP contribution in [-0.4, -0.2) is 80.5 Å². The molecule has 220 valence electrons. The summed E-state index contributed by atoms with van der Waals surface area (Å²) in [7, 11) is 0. The van der Waals surface area contributed by atoms with Gasteiger partial charge in [0.25, 0.3) is 0 Å². The van der Waals surface area contributed by atoms with Crippen molar-refractivity contribution in [1.82, 2.24) is 14.7 Å². The van der Waals surface area contributed by atoms with E-state index >= 15 is 0 Å². The summed E-state index contributed by atoms with van der Waals surface area (Å²) in [6.45, 7) is 6.95. The number of likely N-dealkylation sites (tertiary alicyclic amines) is 1. The lowest BCUT2D eigenvalue weighted by Crippen LogP contribution is -2.59. The number of fused-ring (bicyclic) bond motifs is 2. The summed E-state index contributed by atoms with van der Waals surface area (Å²) < 4.78 is 6.93. The Hall–Kier alpha value is -3.75. The molecule has 8 heteroatoms. The van der Waals surface area contributed by atoms with E-state index in [4.69, 9.17) is 4.74 Å². The van der Waals surface area contributed by atoms with Gasteiger partial charge in [0.1, 0.15) is 11.6 Å². The van der Waals surface area contributed by atoms with Crippen LogP contribution in [0.15, 0.2) is 85.0 Å². The highest BCUT2D eigenvalue weighted by Crippen LogP contribution is 2.58. The molecule has 0 bridgehead atoms. The van der Waals surface area contributed by atoms with Crippen LogP contribution in [0.4, 0.5) is 0 Å². The van der Waals surface area contributed by atoms with Gasteiger partial charge < -0.3 is 24.5 Å². The van der Waals surface area contributed by atoms with Gasteiger partial charge in [-0.15, -0.1) is 0 Å². The minimum Gasteiger partial charge on any atom is -0.394 e. The van der Waals surface area contributed by atoms with Crippen LogP contribution in [0.2, 0.25) is 0 Å². The van der Waals surface area contributed by atoms with Gasteiger partial charge in [-0.05, 0) is 24.0 Å². The number of hydrogen-bond acceptors (Lipinski definition) is 5. The van der Waals surface area contributed by atoms with E-state index in [1.54, 1.807) is 14.7 Å². The minimum atomic E-state index is -1.35. The van der Waals surface area contributed by atoms with Gasteiger partial charge in [-0.3, -0.25) is 14.4 Å². The summed E-state index contributed by atoms with van der Waals surface area (Å²) in [5.41, 5.74) is -0.463. The third-order valence-corrected chi connectivity index (χ3v) is 9.41. The van der Waals surface area contributed by atoms with Gasteiger partial charge in [0.15, 0.2) is 0 Å². The normalized spacial score (nSPS) is 31.2. The van der Waals surface area contributed by atoms with Crippen LogP contribution in [0.3, 0.4) is 0 Å². The van der Waals surface area contributed by atoms with Crippen LogP contribution < -0.4 is 0 Å². The van der Waals surface area contributed by atoms with E-state index in [2.05, 4.69) is 0 Å². The van der Waals surface area contributed by atoms with E-state index < -0.39 is 35.1 Å². The van der Waals surface area contributed by atoms with Crippen molar-refractivity contribution in [2.45, 2.75) is 57.1 Å². The van der Waals surface area contributed by atoms with Crippen molar-refractivity contribution < 1.29 is 24.2 Å². The molecule has 0 aromatic heterocycles. The zero-order valence-electron chi connectivity index (χ0n) is 24.4. The summed E-state index contributed by atoms with van der Waals surface area (Å²) in [5, 5.41) is 10.5. The van der Waals surface area contributed by atoms with Crippen molar-refractivity contribution in [2.24, 2.45) is 17.8 Å². The molecule has 1 spiro atoms. The van der Waals surface area contributed by atoms with Crippen LogP contribution in [0, 0.1) is 17.8 Å². The maximum Gasteiger partial charge on any atom is 0.249 e. The molecule has 3 amide bonds. The number of hydrogen-bond donors (Lipinski definition) is 1. The summed E-state index contributed by atoms with van der Waals surface area (Å²) in [6.07, 6.45) is 7.60. The average molecular weight is 570 g/mol. The third kappa shape index (κ3) is 4.48. The Morgan fingerprint density at radius 1 is 0.810 bits per heavy atom. The Balaban J connectivity index is 1.44. The molecule has 4 heterocycles. The number of nitrogens with zero attached hydrogens (tertiary/aromatic N) is 3. The molecule has 1 unspecified atom stereocenters. The van der Waals surface area contributed by atoms with Crippen molar-refractivity contribution in [2.75, 3.05) is 19.7 Å². The van der Waals surface area contributed by atoms with Gasteiger partial charge in [-0.25, -0.2) is 0 Å². The van der Waals surface area contributed by atoms with Crippen molar-refractivity contribution in [3.8, 4) is 0 Å². The Labute approximate surface area is 247 Å². The molecule has 0 saturated carbocycles. The van der Waals surface area contributed by atoms with E-state index in [0.29, 0.717) is 26.2 Å². The first kappa shape index (κ1) is 28.4. The Bertz CT molecular complexity index is 1410. The highest BCUT2D eigenvalue weighted by molar-refractivity contribution is 6.00. The number of ether oxygens (including phenoxy) is 1. The molecule has 2 saturated heterocycles. The molecule has 6 rings (SSSR count). The molecule has 2 aromatic rings. The first-order valence-electron chi connectivity index (χ1n) is 14.8. The first-order valence-corrected chi connectivity index (χ1v) is 14.8. The molecule has 6 atom stereocenters. The van der Waals surface area contributed by atoms with Crippen LogP contribution in [0.25, 0.3) is 0 Å². The number of rotatable bonds is 7. The Morgan fingerprint density at radius 3 is 1.90 bits per heavy atom. The topological polar surface area (TPSA) is 90.4 Å². The van der Waals surface area contributed by atoms with E-state index in [1.165, 1.54) is 0 Å². The second-order valence-corrected chi connectivity index (χ2v) is 12.5. The zero-order valence-corrected chi connectivity index (χ0v) is 24.4. The fourth-order valence-corrected chi connectivity index (χ4v) is 7.43. The fourth-order valence-electron chi connectivity index (χ4n) is 7.43. The number of amides is 3. The molecule has 8 nitrogen and oxygen atoms in total. The highest BCUT2D eigenvalue weighted by atomic mass is 16.5. The van der Waals surface area contributed by atoms with Crippen LogP contribution in [0.5, 0.6) is 0 Å². The molecule has 42 heavy (non-hydrogen) atoms. The number of aliphatic hydroxyl groups is 1. The van der Waals surface area contributed by atoms with Gasteiger partial charge >= 0.3 is 0 Å². The zero-order chi connectivity index (χ0) is 29.6. The standard InChI is InChI=1S/C34H39N3O5/c1-23(2)26(22-38)37-29-32(41)36(21-25-14-8-5-9-15-25)19-11-17-34(29)28(31(37)40)27-30(39)35(18-10-16-33(27,3)42-34)20-24-12-6-4-7-13-24/h4-17,23,26-29,38H,18-22H2,1-3H3/t26-,27-,28-,29?,33+,34-/m0/s1. The number of carbonyl (C=O) groups is 3. The molecular weight excluding hydrogens is 530 g/mol. The summed E-state index contributed by atoms with van der Waals surface area (Å²) in [6, 6.07) is 17.9. The summed E-state index contributed by atoms with van der Waals surface area (Å²) in [5.74, 6) is -2.59. The average Bonchev–Trinajstić information content (AvgIpc) is 3.25. The highest BCUT2D eigenvalue weighted by Gasteiger charge is 2.75. The molecule has 4 aliphatic rings. The lowest BCUT2D eigenvalue weighted by atomic mass is 9.74. The second-order valence-electron chi connectivity index (χ2n) is 12.5. The predicted molar refractivity (Wildman–Crippen MR) is 158 cm³/mol. The van der Waals surface area contributed by atoms with Gasteiger partial charge in [0.2, 0.25) is 17.7 Å². The van der Waals surface area contributed by atoms with Crippen molar-refractivity contribution >= 4 is 17.7 Å². The molecule has 2 fully saturated rings.